The molecule has 0 aromatic rings. The highest BCUT2D eigenvalue weighted by Gasteiger charge is 2.54. The minimum atomic E-state index is -1.41. The van der Waals surface area contributed by atoms with E-state index in [9.17, 15) is 14.7 Å². The molecule has 98 valence electrons. The molecule has 1 saturated carbocycles. The second kappa shape index (κ2) is 5.97. The molecule has 1 aliphatic rings. The van der Waals surface area contributed by atoms with Crippen LogP contribution in [0, 0.1) is 5.41 Å². The normalized spacial score (nSPS) is 27.8. The number of ether oxygens (including phenoxy) is 1. The summed E-state index contributed by atoms with van der Waals surface area (Å²) in [5, 5.41) is 9.50. The molecule has 0 saturated heterocycles. The minimum Gasteiger partial charge on any atom is -0.465 e. The molecule has 0 amide bonds. The monoisotopic (exact) mass is 246 g/mol. The largest absolute Gasteiger partial charge is 0.465 e. The Balaban J connectivity index is 2.79. The van der Waals surface area contributed by atoms with Gasteiger partial charge in [-0.1, -0.05) is 0 Å². The molecule has 0 aromatic carbocycles. The van der Waals surface area contributed by atoms with E-state index in [2.05, 4.69) is 9.78 Å². The molecular formula is C11H18O6. The number of hydrogen-bond acceptors (Lipinski definition) is 6. The average Bonchev–Trinajstić information content (AvgIpc) is 2.70. The number of carbonyl (C=O) groups is 2. The first-order valence-electron chi connectivity index (χ1n) is 5.76. The summed E-state index contributed by atoms with van der Waals surface area (Å²) in [4.78, 5) is 32.8. The molecule has 2 atom stereocenters. The summed E-state index contributed by atoms with van der Waals surface area (Å²) in [6.07, 6.45) is -0.0648. The van der Waals surface area contributed by atoms with Gasteiger partial charge in [-0.05, 0) is 26.7 Å². The van der Waals surface area contributed by atoms with E-state index in [4.69, 9.17) is 4.74 Å². The van der Waals surface area contributed by atoms with Crippen LogP contribution in [-0.2, 0) is 24.1 Å². The molecule has 1 N–H and O–H groups in total. The van der Waals surface area contributed by atoms with Gasteiger partial charge in [-0.25, -0.2) is 4.79 Å². The van der Waals surface area contributed by atoms with Crippen molar-refractivity contribution in [1.82, 2.24) is 0 Å². The van der Waals surface area contributed by atoms with E-state index >= 15 is 0 Å². The molecule has 6 nitrogen and oxygen atoms in total. The van der Waals surface area contributed by atoms with E-state index < -0.39 is 23.5 Å². The molecule has 0 spiro atoms. The number of aliphatic hydroxyl groups is 1. The Morgan fingerprint density at radius 2 is 2.00 bits per heavy atom. The Hall–Kier alpha value is -1.14. The number of carbonyl (C=O) groups excluding carboxylic acids is 2. The van der Waals surface area contributed by atoms with Gasteiger partial charge < -0.3 is 9.84 Å². The zero-order valence-corrected chi connectivity index (χ0v) is 10.1. The molecule has 1 rings (SSSR count). The quantitative estimate of drug-likeness (QED) is 0.330. The molecule has 2 unspecified atom stereocenters. The first kappa shape index (κ1) is 13.9. The minimum absolute atomic E-state index is 0.0255. The molecular weight excluding hydrogens is 228 g/mol. The second-order valence-electron chi connectivity index (χ2n) is 3.98. The summed E-state index contributed by atoms with van der Waals surface area (Å²) in [7, 11) is 0. The fraction of sp³-hybridized carbons (Fsp3) is 0.818. The van der Waals surface area contributed by atoms with Crippen LogP contribution in [0.1, 0.15) is 33.1 Å². The van der Waals surface area contributed by atoms with E-state index in [0.717, 1.165) is 0 Å². The highest BCUT2D eigenvalue weighted by Crippen LogP contribution is 2.40. The smallest absolute Gasteiger partial charge is 0.359 e. The summed E-state index contributed by atoms with van der Waals surface area (Å²) in [5.74, 6) is -1.43. The summed E-state index contributed by atoms with van der Waals surface area (Å²) < 4.78 is 4.87. The third-order valence-corrected chi connectivity index (χ3v) is 2.80. The van der Waals surface area contributed by atoms with Crippen LogP contribution in [0.3, 0.4) is 0 Å². The molecule has 17 heavy (non-hydrogen) atoms. The van der Waals surface area contributed by atoms with Crippen LogP contribution in [0.2, 0.25) is 0 Å². The van der Waals surface area contributed by atoms with Gasteiger partial charge >= 0.3 is 11.9 Å². The maximum Gasteiger partial charge on any atom is 0.359 e. The predicted molar refractivity (Wildman–Crippen MR) is 56.6 cm³/mol. The van der Waals surface area contributed by atoms with Gasteiger partial charge in [-0.3, -0.25) is 9.68 Å². The molecule has 1 fully saturated rings. The van der Waals surface area contributed by atoms with Gasteiger partial charge in [-0.15, -0.1) is 0 Å². The van der Waals surface area contributed by atoms with E-state index in [1.54, 1.807) is 13.8 Å². The van der Waals surface area contributed by atoms with E-state index in [1.807, 2.05) is 0 Å². The number of esters is 1. The lowest BCUT2D eigenvalue weighted by Gasteiger charge is -2.22. The first-order chi connectivity index (χ1) is 8.06. The third-order valence-electron chi connectivity index (χ3n) is 2.80. The molecule has 0 aliphatic heterocycles. The van der Waals surface area contributed by atoms with Gasteiger partial charge in [0, 0.05) is 6.42 Å². The van der Waals surface area contributed by atoms with Crippen molar-refractivity contribution in [2.45, 2.75) is 39.2 Å². The van der Waals surface area contributed by atoms with E-state index in [0.29, 0.717) is 6.42 Å². The van der Waals surface area contributed by atoms with E-state index in [1.165, 1.54) is 0 Å². The highest BCUT2D eigenvalue weighted by atomic mass is 17.2. The van der Waals surface area contributed by atoms with Crippen molar-refractivity contribution in [1.29, 1.82) is 0 Å². The van der Waals surface area contributed by atoms with Gasteiger partial charge in [0.1, 0.15) is 0 Å². The average molecular weight is 246 g/mol. The Kier molecular flexibility index (Phi) is 4.89. The van der Waals surface area contributed by atoms with Gasteiger partial charge in [0.2, 0.25) is 0 Å². The van der Waals surface area contributed by atoms with Crippen LogP contribution < -0.4 is 0 Å². The van der Waals surface area contributed by atoms with Crippen LogP contribution in [0.4, 0.5) is 0 Å². The second-order valence-corrected chi connectivity index (χ2v) is 3.98. The molecule has 0 radical (unpaired) electrons. The highest BCUT2D eigenvalue weighted by molar-refractivity contribution is 6.00. The lowest BCUT2D eigenvalue weighted by molar-refractivity contribution is -0.278. The third kappa shape index (κ3) is 2.95. The number of rotatable bonds is 5. The van der Waals surface area contributed by atoms with Crippen molar-refractivity contribution >= 4 is 11.9 Å². The van der Waals surface area contributed by atoms with Crippen molar-refractivity contribution in [3.8, 4) is 0 Å². The molecule has 0 bridgehead atoms. The van der Waals surface area contributed by atoms with Crippen LogP contribution in [0.5, 0.6) is 0 Å². The first-order valence-corrected chi connectivity index (χ1v) is 5.76. The molecule has 0 heterocycles. The Labute approximate surface area is 99.8 Å². The Bertz CT molecular complexity index is 290. The van der Waals surface area contributed by atoms with Crippen molar-refractivity contribution in [2.24, 2.45) is 5.41 Å². The van der Waals surface area contributed by atoms with Crippen molar-refractivity contribution in [3.05, 3.63) is 0 Å². The number of hydrogen-bond donors (Lipinski definition) is 1. The zero-order valence-electron chi connectivity index (χ0n) is 10.1. The lowest BCUT2D eigenvalue weighted by atomic mass is 9.86. The predicted octanol–water partition coefficient (Wildman–Crippen LogP) is 0.575. The van der Waals surface area contributed by atoms with Crippen molar-refractivity contribution in [2.75, 3.05) is 13.2 Å². The lowest BCUT2D eigenvalue weighted by Crippen LogP contribution is -2.40. The topological polar surface area (TPSA) is 82.1 Å². The van der Waals surface area contributed by atoms with Crippen molar-refractivity contribution < 1.29 is 29.2 Å². The van der Waals surface area contributed by atoms with Crippen LogP contribution in [-0.4, -0.2) is 36.4 Å². The summed E-state index contributed by atoms with van der Waals surface area (Å²) >= 11 is 0. The number of aliphatic hydroxyl groups excluding tert-OH is 1. The maximum absolute atomic E-state index is 11.8. The summed E-state index contributed by atoms with van der Waals surface area (Å²) in [6.45, 7) is 3.70. The van der Waals surface area contributed by atoms with Crippen molar-refractivity contribution in [3.63, 3.8) is 0 Å². The SMILES string of the molecule is CCOOC(=O)C1(C(=O)OCC)CCC(O)C1. The maximum atomic E-state index is 11.8. The van der Waals surface area contributed by atoms with E-state index in [-0.39, 0.29) is 26.1 Å². The van der Waals surface area contributed by atoms with Crippen LogP contribution >= 0.6 is 0 Å². The summed E-state index contributed by atoms with van der Waals surface area (Å²) in [5.41, 5.74) is -1.41. The fourth-order valence-electron chi connectivity index (χ4n) is 1.93. The zero-order chi connectivity index (χ0) is 12.9. The van der Waals surface area contributed by atoms with Crippen LogP contribution in [0.25, 0.3) is 0 Å². The molecule has 0 aromatic heterocycles. The Morgan fingerprint density at radius 1 is 1.29 bits per heavy atom. The van der Waals surface area contributed by atoms with Gasteiger partial charge in [0.15, 0.2) is 5.41 Å². The van der Waals surface area contributed by atoms with Gasteiger partial charge in [-0.2, -0.15) is 4.89 Å². The molecule has 6 heteroatoms. The standard InChI is InChI=1S/C11H18O6/c1-3-15-9(13)11(6-5-8(12)7-11)10(14)17-16-4-2/h8,12H,3-7H2,1-2H3. The van der Waals surface area contributed by atoms with Gasteiger partial charge in [0.25, 0.3) is 0 Å². The summed E-state index contributed by atoms with van der Waals surface area (Å²) in [6, 6.07) is 0. The van der Waals surface area contributed by atoms with Gasteiger partial charge in [0.05, 0.1) is 19.3 Å². The molecule has 1 aliphatic carbocycles. The Morgan fingerprint density at radius 3 is 2.47 bits per heavy atom. The fourth-order valence-corrected chi connectivity index (χ4v) is 1.93. The van der Waals surface area contributed by atoms with Crippen LogP contribution in [0.15, 0.2) is 0 Å².